The van der Waals surface area contributed by atoms with Crippen molar-refractivity contribution in [2.24, 2.45) is 5.73 Å². The van der Waals surface area contributed by atoms with Crippen LogP contribution in [0.4, 0.5) is 0 Å². The molecule has 0 radical (unpaired) electrons. The van der Waals surface area contributed by atoms with Crippen LogP contribution in [0.25, 0.3) is 10.8 Å². The first-order valence-corrected chi connectivity index (χ1v) is 5.16. The first-order chi connectivity index (χ1) is 7.31. The Morgan fingerprint density at radius 1 is 1.07 bits per heavy atom. The van der Waals surface area contributed by atoms with Crippen LogP contribution in [-0.4, -0.2) is 18.6 Å². The van der Waals surface area contributed by atoms with Crippen molar-refractivity contribution in [2.75, 3.05) is 13.7 Å². The zero-order valence-corrected chi connectivity index (χ0v) is 8.98. The maximum atomic E-state index is 5.59. The summed E-state index contributed by atoms with van der Waals surface area (Å²) in [6.45, 7) is 1.49. The molecule has 2 rings (SSSR count). The molecule has 0 atom stereocenters. The van der Waals surface area contributed by atoms with Crippen molar-refractivity contribution in [1.82, 2.24) is 4.90 Å². The molecule has 0 amide bonds. The van der Waals surface area contributed by atoms with Crippen molar-refractivity contribution < 1.29 is 0 Å². The Labute approximate surface area is 90.3 Å². The van der Waals surface area contributed by atoms with Gasteiger partial charge in [-0.1, -0.05) is 42.5 Å². The molecule has 2 heteroatoms. The highest BCUT2D eigenvalue weighted by Gasteiger charge is 2.02. The molecule has 0 aliphatic carbocycles. The van der Waals surface area contributed by atoms with Gasteiger partial charge in [-0.05, 0) is 23.4 Å². The third-order valence-electron chi connectivity index (χ3n) is 2.63. The Balaban J connectivity index is 2.42. The van der Waals surface area contributed by atoms with E-state index in [1.807, 2.05) is 7.05 Å². The summed E-state index contributed by atoms with van der Waals surface area (Å²) in [7, 11) is 2.03. The van der Waals surface area contributed by atoms with E-state index in [0.29, 0.717) is 6.67 Å². The van der Waals surface area contributed by atoms with Crippen LogP contribution in [0.1, 0.15) is 5.56 Å². The number of hydrogen-bond donors (Lipinski definition) is 1. The fourth-order valence-electron chi connectivity index (χ4n) is 1.79. The van der Waals surface area contributed by atoms with E-state index in [1.54, 1.807) is 0 Å². The Hall–Kier alpha value is -1.38. The Kier molecular flexibility index (Phi) is 2.99. The molecule has 0 unspecified atom stereocenters. The molecular formula is C13H16N2. The lowest BCUT2D eigenvalue weighted by Crippen LogP contribution is -2.25. The van der Waals surface area contributed by atoms with Gasteiger partial charge in [0, 0.05) is 13.2 Å². The van der Waals surface area contributed by atoms with E-state index in [4.69, 9.17) is 5.73 Å². The summed E-state index contributed by atoms with van der Waals surface area (Å²) < 4.78 is 0. The van der Waals surface area contributed by atoms with Gasteiger partial charge < -0.3 is 5.73 Å². The summed E-state index contributed by atoms with van der Waals surface area (Å²) in [5.74, 6) is 0. The zero-order valence-electron chi connectivity index (χ0n) is 8.98. The summed E-state index contributed by atoms with van der Waals surface area (Å²) in [6, 6.07) is 14.8. The maximum absolute atomic E-state index is 5.59. The van der Waals surface area contributed by atoms with Crippen molar-refractivity contribution in [2.45, 2.75) is 6.54 Å². The quantitative estimate of drug-likeness (QED) is 0.769. The minimum Gasteiger partial charge on any atom is -0.318 e. The van der Waals surface area contributed by atoms with Gasteiger partial charge in [0.15, 0.2) is 0 Å². The van der Waals surface area contributed by atoms with Crippen molar-refractivity contribution >= 4 is 10.8 Å². The summed E-state index contributed by atoms with van der Waals surface area (Å²) in [5, 5.41) is 2.61. The lowest BCUT2D eigenvalue weighted by atomic mass is 10.0. The maximum Gasteiger partial charge on any atom is 0.0455 e. The van der Waals surface area contributed by atoms with Crippen LogP contribution in [0.3, 0.4) is 0 Å². The molecule has 2 aromatic carbocycles. The minimum absolute atomic E-state index is 0.587. The van der Waals surface area contributed by atoms with Gasteiger partial charge in [0.05, 0.1) is 0 Å². The van der Waals surface area contributed by atoms with E-state index in [2.05, 4.69) is 47.4 Å². The van der Waals surface area contributed by atoms with Crippen LogP contribution in [-0.2, 0) is 6.54 Å². The highest BCUT2D eigenvalue weighted by molar-refractivity contribution is 5.85. The molecule has 0 bridgehead atoms. The second-order valence-corrected chi connectivity index (χ2v) is 3.84. The van der Waals surface area contributed by atoms with Gasteiger partial charge in [-0.3, -0.25) is 4.90 Å². The van der Waals surface area contributed by atoms with Crippen LogP contribution in [0, 0.1) is 0 Å². The summed E-state index contributed by atoms with van der Waals surface area (Å²) in [4.78, 5) is 2.10. The largest absolute Gasteiger partial charge is 0.318 e. The number of fused-ring (bicyclic) bond motifs is 1. The molecule has 0 saturated carbocycles. The Morgan fingerprint density at radius 3 is 2.60 bits per heavy atom. The van der Waals surface area contributed by atoms with Gasteiger partial charge in [-0.2, -0.15) is 0 Å². The normalized spacial score (nSPS) is 11.1. The second-order valence-electron chi connectivity index (χ2n) is 3.84. The van der Waals surface area contributed by atoms with E-state index < -0.39 is 0 Å². The first-order valence-electron chi connectivity index (χ1n) is 5.16. The third-order valence-corrected chi connectivity index (χ3v) is 2.63. The highest BCUT2D eigenvalue weighted by Crippen LogP contribution is 2.19. The molecule has 0 fully saturated rings. The van der Waals surface area contributed by atoms with E-state index in [0.717, 1.165) is 6.54 Å². The third kappa shape index (κ3) is 2.17. The molecule has 78 valence electrons. The van der Waals surface area contributed by atoms with E-state index >= 15 is 0 Å². The molecule has 0 aliphatic heterocycles. The van der Waals surface area contributed by atoms with E-state index in [1.165, 1.54) is 16.3 Å². The number of nitrogens with two attached hydrogens (primary N) is 1. The van der Waals surface area contributed by atoms with Crippen LogP contribution >= 0.6 is 0 Å². The van der Waals surface area contributed by atoms with E-state index in [9.17, 15) is 0 Å². The standard InChI is InChI=1S/C13H16N2/c1-15(10-14)9-12-7-4-6-11-5-2-3-8-13(11)12/h2-8H,9-10,14H2,1H3. The summed E-state index contributed by atoms with van der Waals surface area (Å²) in [6.07, 6.45) is 0. The predicted molar refractivity (Wildman–Crippen MR) is 64.5 cm³/mol. The fraction of sp³-hybridized carbons (Fsp3) is 0.231. The molecule has 0 aliphatic rings. The molecule has 0 heterocycles. The number of nitrogens with zero attached hydrogens (tertiary/aromatic N) is 1. The van der Waals surface area contributed by atoms with Crippen molar-refractivity contribution in [3.05, 3.63) is 48.0 Å². The van der Waals surface area contributed by atoms with Crippen LogP contribution in [0.5, 0.6) is 0 Å². The smallest absolute Gasteiger partial charge is 0.0455 e. The summed E-state index contributed by atoms with van der Waals surface area (Å²) >= 11 is 0. The minimum atomic E-state index is 0.587. The van der Waals surface area contributed by atoms with E-state index in [-0.39, 0.29) is 0 Å². The molecule has 2 N–H and O–H groups in total. The zero-order chi connectivity index (χ0) is 10.7. The lowest BCUT2D eigenvalue weighted by molar-refractivity contribution is 0.338. The fourth-order valence-corrected chi connectivity index (χ4v) is 1.79. The summed E-state index contributed by atoms with van der Waals surface area (Å²) in [5.41, 5.74) is 6.92. The van der Waals surface area contributed by atoms with Gasteiger partial charge in [-0.25, -0.2) is 0 Å². The van der Waals surface area contributed by atoms with Gasteiger partial charge >= 0.3 is 0 Å². The number of hydrogen-bond acceptors (Lipinski definition) is 2. The topological polar surface area (TPSA) is 29.3 Å². The first kappa shape index (κ1) is 10.1. The van der Waals surface area contributed by atoms with Gasteiger partial charge in [0.25, 0.3) is 0 Å². The lowest BCUT2D eigenvalue weighted by Gasteiger charge is -2.15. The van der Waals surface area contributed by atoms with Crippen LogP contribution in [0.15, 0.2) is 42.5 Å². The second kappa shape index (κ2) is 4.43. The number of rotatable bonds is 3. The van der Waals surface area contributed by atoms with Gasteiger partial charge in [0.2, 0.25) is 0 Å². The average Bonchev–Trinajstić information content (AvgIpc) is 2.29. The molecule has 2 nitrogen and oxygen atoms in total. The van der Waals surface area contributed by atoms with Gasteiger partial charge in [0.1, 0.15) is 0 Å². The molecule has 2 aromatic rings. The predicted octanol–water partition coefficient (Wildman–Crippen LogP) is 2.19. The Bertz CT molecular complexity index is 446. The van der Waals surface area contributed by atoms with Crippen LogP contribution in [0.2, 0.25) is 0 Å². The van der Waals surface area contributed by atoms with Crippen LogP contribution < -0.4 is 5.73 Å². The molecule has 0 spiro atoms. The highest BCUT2D eigenvalue weighted by atomic mass is 15.1. The Morgan fingerprint density at radius 2 is 1.80 bits per heavy atom. The average molecular weight is 200 g/mol. The molecule has 0 saturated heterocycles. The van der Waals surface area contributed by atoms with Crippen molar-refractivity contribution in [3.63, 3.8) is 0 Å². The molecular weight excluding hydrogens is 184 g/mol. The van der Waals surface area contributed by atoms with Crippen molar-refractivity contribution in [3.8, 4) is 0 Å². The van der Waals surface area contributed by atoms with Crippen molar-refractivity contribution in [1.29, 1.82) is 0 Å². The van der Waals surface area contributed by atoms with Gasteiger partial charge in [-0.15, -0.1) is 0 Å². The molecule has 0 aromatic heterocycles. The monoisotopic (exact) mass is 200 g/mol. The SMILES string of the molecule is CN(CN)Cc1cccc2ccccc12. The molecule has 15 heavy (non-hydrogen) atoms. The number of benzene rings is 2.